The molecule has 0 fully saturated rings. The summed E-state index contributed by atoms with van der Waals surface area (Å²) < 4.78 is 1.98. The predicted octanol–water partition coefficient (Wildman–Crippen LogP) is 5.27. The fraction of sp³-hybridized carbons (Fsp3) is 0.0800. The van der Waals surface area contributed by atoms with Crippen molar-refractivity contribution < 1.29 is 0 Å². The van der Waals surface area contributed by atoms with Crippen molar-refractivity contribution in [1.29, 1.82) is 0 Å². The molecule has 30 heavy (non-hydrogen) atoms. The highest BCUT2D eigenvalue weighted by molar-refractivity contribution is 5.77. The van der Waals surface area contributed by atoms with Crippen molar-refractivity contribution in [3.8, 4) is 11.4 Å². The molecule has 0 amide bonds. The van der Waals surface area contributed by atoms with E-state index in [4.69, 9.17) is 15.0 Å². The molecule has 2 aromatic heterocycles. The topological polar surface area (TPSA) is 55.6 Å². The Labute approximate surface area is 175 Å². The number of nitrogens with one attached hydrogen (secondary N) is 1. The lowest BCUT2D eigenvalue weighted by Gasteiger charge is -2.12. The van der Waals surface area contributed by atoms with E-state index in [1.54, 1.807) is 0 Å². The Kier molecular flexibility index (Phi) is 4.69. The van der Waals surface area contributed by atoms with Crippen LogP contribution in [0.4, 0.5) is 5.69 Å². The van der Waals surface area contributed by atoms with Gasteiger partial charge in [0, 0.05) is 12.0 Å². The zero-order valence-electron chi connectivity index (χ0n) is 16.7. The van der Waals surface area contributed by atoms with E-state index in [9.17, 15) is 0 Å². The number of aromatic nitrogens is 4. The molecule has 0 aliphatic carbocycles. The molecule has 0 saturated carbocycles. The molecule has 3 aromatic carbocycles. The molecule has 5 rings (SSSR count). The molecule has 146 valence electrons. The van der Waals surface area contributed by atoms with Crippen molar-refractivity contribution >= 4 is 16.9 Å². The lowest BCUT2D eigenvalue weighted by atomic mass is 10.1. The number of hydrogen-bond donors (Lipinski definition) is 1. The monoisotopic (exact) mass is 391 g/mol. The molecule has 0 radical (unpaired) electrons. The molecule has 0 spiro atoms. The number of aryl methyl sites for hydroxylation is 1. The van der Waals surface area contributed by atoms with Crippen molar-refractivity contribution in [1.82, 2.24) is 19.6 Å². The van der Waals surface area contributed by atoms with E-state index in [1.165, 1.54) is 5.56 Å². The summed E-state index contributed by atoms with van der Waals surface area (Å²) in [5.74, 6) is 1.59. The van der Waals surface area contributed by atoms with Crippen LogP contribution in [0.5, 0.6) is 0 Å². The summed E-state index contributed by atoms with van der Waals surface area (Å²) in [7, 11) is 0. The highest BCUT2D eigenvalue weighted by Gasteiger charge is 2.17. The molecular formula is C25H21N5. The van der Waals surface area contributed by atoms with Gasteiger partial charge in [-0.3, -0.25) is 5.43 Å². The summed E-state index contributed by atoms with van der Waals surface area (Å²) in [6.45, 7) is 1.99. The standard InChI is InChI=1S/C25H21N5/c1-18-23-25(28-24(26-18)20-13-7-3-8-14-20)30(29-21-15-9-4-10-16-21)22(27-23)17-19-11-5-2-6-12-19/h2-16,29H,17H2,1H3. The smallest absolute Gasteiger partial charge is 0.183 e. The summed E-state index contributed by atoms with van der Waals surface area (Å²) >= 11 is 0. The maximum atomic E-state index is 4.91. The molecule has 0 aliphatic heterocycles. The van der Waals surface area contributed by atoms with Crippen LogP contribution in [-0.2, 0) is 6.42 Å². The molecule has 0 atom stereocenters. The molecule has 0 aliphatic rings. The van der Waals surface area contributed by atoms with Gasteiger partial charge in [0.15, 0.2) is 11.5 Å². The minimum atomic E-state index is 0.692. The van der Waals surface area contributed by atoms with E-state index >= 15 is 0 Å². The third-order valence-electron chi connectivity index (χ3n) is 5.00. The van der Waals surface area contributed by atoms with Crippen molar-refractivity contribution in [2.75, 3.05) is 5.43 Å². The van der Waals surface area contributed by atoms with Gasteiger partial charge in [-0.1, -0.05) is 78.9 Å². The van der Waals surface area contributed by atoms with Crippen molar-refractivity contribution in [2.45, 2.75) is 13.3 Å². The van der Waals surface area contributed by atoms with Crippen molar-refractivity contribution in [2.24, 2.45) is 0 Å². The first-order chi connectivity index (χ1) is 14.8. The highest BCUT2D eigenvalue weighted by Crippen LogP contribution is 2.24. The normalized spacial score (nSPS) is 11.0. The van der Waals surface area contributed by atoms with Gasteiger partial charge in [0.05, 0.1) is 11.4 Å². The van der Waals surface area contributed by atoms with Crippen LogP contribution in [0.1, 0.15) is 17.1 Å². The van der Waals surface area contributed by atoms with Gasteiger partial charge in [0.2, 0.25) is 0 Å². The van der Waals surface area contributed by atoms with Gasteiger partial charge < -0.3 is 0 Å². The second kappa shape index (κ2) is 7.79. The zero-order chi connectivity index (χ0) is 20.3. The van der Waals surface area contributed by atoms with Crippen LogP contribution in [0.25, 0.3) is 22.6 Å². The van der Waals surface area contributed by atoms with E-state index < -0.39 is 0 Å². The van der Waals surface area contributed by atoms with Gasteiger partial charge in [-0.2, -0.15) is 0 Å². The number of rotatable bonds is 5. The SMILES string of the molecule is Cc1nc(-c2ccccc2)nc2c1nc(Cc1ccccc1)n2Nc1ccccc1. The number of imidazole rings is 1. The number of fused-ring (bicyclic) bond motifs is 1. The maximum Gasteiger partial charge on any atom is 0.183 e. The van der Waals surface area contributed by atoms with E-state index in [2.05, 4.69) is 17.6 Å². The van der Waals surface area contributed by atoms with Gasteiger partial charge in [-0.25, -0.2) is 19.6 Å². The molecule has 0 unspecified atom stereocenters. The summed E-state index contributed by atoms with van der Waals surface area (Å²) in [6.07, 6.45) is 0.692. The largest absolute Gasteiger partial charge is 0.291 e. The minimum Gasteiger partial charge on any atom is -0.291 e. The molecular weight excluding hydrogens is 370 g/mol. The average molecular weight is 391 g/mol. The van der Waals surface area contributed by atoms with Crippen LogP contribution in [0.2, 0.25) is 0 Å². The lowest BCUT2D eigenvalue weighted by Crippen LogP contribution is -2.14. The van der Waals surface area contributed by atoms with Gasteiger partial charge in [0.25, 0.3) is 0 Å². The highest BCUT2D eigenvalue weighted by atomic mass is 15.5. The van der Waals surface area contributed by atoms with E-state index in [-0.39, 0.29) is 0 Å². The van der Waals surface area contributed by atoms with Gasteiger partial charge in [-0.05, 0) is 24.6 Å². The number of benzene rings is 3. The molecule has 5 aromatic rings. The lowest BCUT2D eigenvalue weighted by molar-refractivity contribution is 0.865. The van der Waals surface area contributed by atoms with Crippen molar-refractivity contribution in [3.63, 3.8) is 0 Å². The Bertz CT molecular complexity index is 1280. The number of nitrogens with zero attached hydrogens (tertiary/aromatic N) is 4. The Morgan fingerprint density at radius 2 is 1.37 bits per heavy atom. The van der Waals surface area contributed by atoms with Crippen LogP contribution >= 0.6 is 0 Å². The third-order valence-corrected chi connectivity index (χ3v) is 5.00. The van der Waals surface area contributed by atoms with Crippen LogP contribution in [0.15, 0.2) is 91.0 Å². The molecule has 0 saturated heterocycles. The summed E-state index contributed by atoms with van der Waals surface area (Å²) in [5.41, 5.74) is 9.09. The molecule has 1 N–H and O–H groups in total. The number of anilines is 1. The number of para-hydroxylation sites is 1. The van der Waals surface area contributed by atoms with Crippen LogP contribution in [0, 0.1) is 6.92 Å². The van der Waals surface area contributed by atoms with Crippen LogP contribution < -0.4 is 5.43 Å². The van der Waals surface area contributed by atoms with Gasteiger partial charge >= 0.3 is 0 Å². The van der Waals surface area contributed by atoms with Crippen molar-refractivity contribution in [3.05, 3.63) is 108 Å². The Hall–Kier alpha value is -3.99. The molecule has 2 heterocycles. The Balaban J connectivity index is 1.68. The van der Waals surface area contributed by atoms with Crippen LogP contribution in [0.3, 0.4) is 0 Å². The zero-order valence-corrected chi connectivity index (χ0v) is 16.7. The number of hydrogen-bond acceptors (Lipinski definition) is 4. The van der Waals surface area contributed by atoms with E-state index in [0.29, 0.717) is 12.2 Å². The summed E-state index contributed by atoms with van der Waals surface area (Å²) in [4.78, 5) is 14.5. The van der Waals surface area contributed by atoms with Gasteiger partial charge in [-0.15, -0.1) is 0 Å². The first-order valence-corrected chi connectivity index (χ1v) is 9.95. The quantitative estimate of drug-likeness (QED) is 0.444. The fourth-order valence-corrected chi connectivity index (χ4v) is 3.51. The van der Waals surface area contributed by atoms with Gasteiger partial charge in [0.1, 0.15) is 11.3 Å². The summed E-state index contributed by atoms with van der Waals surface area (Å²) in [5, 5.41) is 0. The second-order valence-corrected chi connectivity index (χ2v) is 7.17. The minimum absolute atomic E-state index is 0.692. The predicted molar refractivity (Wildman–Crippen MR) is 120 cm³/mol. The van der Waals surface area contributed by atoms with Crippen LogP contribution in [-0.4, -0.2) is 19.6 Å². The molecule has 0 bridgehead atoms. The maximum absolute atomic E-state index is 4.91. The molecule has 5 nitrogen and oxygen atoms in total. The first kappa shape index (κ1) is 18.1. The Morgan fingerprint density at radius 1 is 0.733 bits per heavy atom. The first-order valence-electron chi connectivity index (χ1n) is 9.95. The van der Waals surface area contributed by atoms with E-state index in [1.807, 2.05) is 90.5 Å². The fourth-order valence-electron chi connectivity index (χ4n) is 3.51. The summed E-state index contributed by atoms with van der Waals surface area (Å²) in [6, 6.07) is 30.5. The van der Waals surface area contributed by atoms with E-state index in [0.717, 1.165) is 33.9 Å². The third kappa shape index (κ3) is 3.53. The second-order valence-electron chi connectivity index (χ2n) is 7.17. The average Bonchev–Trinajstić information content (AvgIpc) is 3.13. The molecule has 5 heteroatoms. The Morgan fingerprint density at radius 3 is 2.07 bits per heavy atom.